The molecule has 0 unspecified atom stereocenters. The molecule has 1 aromatic rings. The van der Waals surface area contributed by atoms with E-state index in [9.17, 15) is 4.79 Å². The molecule has 3 heteroatoms. The Hall–Kier alpha value is -0.890. The second-order valence-electron chi connectivity index (χ2n) is 2.40. The van der Waals surface area contributed by atoms with Crippen LogP contribution in [0.4, 0.5) is 0 Å². The zero-order valence-corrected chi connectivity index (χ0v) is 7.14. The summed E-state index contributed by atoms with van der Waals surface area (Å²) in [4.78, 5) is 14.4. The number of hydrogen-bond acceptors (Lipinski definition) is 2. The van der Waals surface area contributed by atoms with Gasteiger partial charge in [-0.2, -0.15) is 0 Å². The number of carbonyl (C=O) groups excluding carboxylic acids is 1. The molecule has 11 heavy (non-hydrogen) atoms. The van der Waals surface area contributed by atoms with E-state index in [0.29, 0.717) is 5.56 Å². The van der Waals surface area contributed by atoms with Crippen molar-refractivity contribution in [1.82, 2.24) is 4.98 Å². The van der Waals surface area contributed by atoms with Crippen molar-refractivity contribution in [3.8, 4) is 0 Å². The second kappa shape index (κ2) is 3.01. The molecule has 0 aromatic carbocycles. The molecule has 0 N–H and O–H groups in total. The Labute approximate surface area is 70.2 Å². The second-order valence-corrected chi connectivity index (χ2v) is 2.76. The van der Waals surface area contributed by atoms with Crippen LogP contribution in [-0.2, 0) is 0 Å². The Bertz CT molecular complexity index is 273. The van der Waals surface area contributed by atoms with E-state index in [4.69, 9.17) is 11.6 Å². The highest BCUT2D eigenvalue weighted by Crippen LogP contribution is 2.15. The summed E-state index contributed by atoms with van der Waals surface area (Å²) in [6.45, 7) is 3.68. The van der Waals surface area contributed by atoms with Gasteiger partial charge < -0.3 is 0 Å². The minimum absolute atomic E-state index is 0.289. The third kappa shape index (κ3) is 1.57. The van der Waals surface area contributed by atoms with Crippen molar-refractivity contribution in [2.75, 3.05) is 0 Å². The summed E-state index contributed by atoms with van der Waals surface area (Å²) in [5, 5.41) is 0.289. The van der Waals surface area contributed by atoms with E-state index in [2.05, 4.69) is 4.98 Å². The quantitative estimate of drug-likeness (QED) is 0.477. The van der Waals surface area contributed by atoms with Crippen molar-refractivity contribution >= 4 is 17.9 Å². The first-order valence-corrected chi connectivity index (χ1v) is 3.62. The van der Waals surface area contributed by atoms with Crippen molar-refractivity contribution in [2.24, 2.45) is 0 Å². The first kappa shape index (κ1) is 8.21. The number of aldehydes is 1. The van der Waals surface area contributed by atoms with Gasteiger partial charge in [0.15, 0.2) is 6.29 Å². The minimum Gasteiger partial charge on any atom is -0.298 e. The van der Waals surface area contributed by atoms with Gasteiger partial charge in [0.2, 0.25) is 0 Å². The van der Waals surface area contributed by atoms with Gasteiger partial charge in [0.25, 0.3) is 0 Å². The zero-order chi connectivity index (χ0) is 8.43. The summed E-state index contributed by atoms with van der Waals surface area (Å²) in [5.74, 6) is 0. The molecule has 0 aliphatic rings. The number of pyridine rings is 1. The summed E-state index contributed by atoms with van der Waals surface area (Å²) in [5.41, 5.74) is 2.19. The molecule has 0 spiro atoms. The van der Waals surface area contributed by atoms with E-state index in [1.165, 1.54) is 0 Å². The van der Waals surface area contributed by atoms with E-state index in [-0.39, 0.29) is 5.15 Å². The SMILES string of the molecule is Cc1cc(C)c(C=O)c(Cl)n1. The third-order valence-electron chi connectivity index (χ3n) is 1.46. The van der Waals surface area contributed by atoms with Crippen LogP contribution in [0.1, 0.15) is 21.6 Å². The number of aromatic nitrogens is 1. The molecular weight excluding hydrogens is 162 g/mol. The van der Waals surface area contributed by atoms with Gasteiger partial charge in [-0.3, -0.25) is 4.79 Å². The molecule has 58 valence electrons. The molecule has 0 aliphatic carbocycles. The smallest absolute Gasteiger partial charge is 0.153 e. The molecule has 0 fully saturated rings. The Morgan fingerprint density at radius 3 is 2.64 bits per heavy atom. The summed E-state index contributed by atoms with van der Waals surface area (Å²) in [7, 11) is 0. The molecule has 0 saturated carbocycles. The minimum atomic E-state index is 0.289. The maximum atomic E-state index is 10.4. The molecule has 1 heterocycles. The van der Waals surface area contributed by atoms with Gasteiger partial charge in [-0.05, 0) is 25.5 Å². The van der Waals surface area contributed by atoms with Crippen molar-refractivity contribution in [1.29, 1.82) is 0 Å². The fourth-order valence-electron chi connectivity index (χ4n) is 0.943. The number of halogens is 1. The highest BCUT2D eigenvalue weighted by atomic mass is 35.5. The van der Waals surface area contributed by atoms with Crippen LogP contribution in [0.3, 0.4) is 0 Å². The topological polar surface area (TPSA) is 30.0 Å². The van der Waals surface area contributed by atoms with E-state index in [0.717, 1.165) is 17.5 Å². The fraction of sp³-hybridized carbons (Fsp3) is 0.250. The standard InChI is InChI=1S/C8H8ClNO/c1-5-3-6(2)10-8(9)7(5)4-11/h3-4H,1-2H3. The highest BCUT2D eigenvalue weighted by molar-refractivity contribution is 6.31. The molecule has 0 radical (unpaired) electrons. The monoisotopic (exact) mass is 169 g/mol. The van der Waals surface area contributed by atoms with Crippen LogP contribution < -0.4 is 0 Å². The van der Waals surface area contributed by atoms with Gasteiger partial charge in [0.05, 0.1) is 5.56 Å². The van der Waals surface area contributed by atoms with Gasteiger partial charge in [0, 0.05) is 5.69 Å². The Balaban J connectivity index is 3.36. The first-order valence-electron chi connectivity index (χ1n) is 3.24. The lowest BCUT2D eigenvalue weighted by Gasteiger charge is -2.00. The summed E-state index contributed by atoms with van der Waals surface area (Å²) >= 11 is 5.69. The molecule has 0 saturated heterocycles. The zero-order valence-electron chi connectivity index (χ0n) is 6.39. The van der Waals surface area contributed by atoms with Gasteiger partial charge in [0.1, 0.15) is 5.15 Å². The average molecular weight is 170 g/mol. The van der Waals surface area contributed by atoms with E-state index >= 15 is 0 Å². The normalized spacial score (nSPS) is 9.73. The number of rotatable bonds is 1. The molecule has 0 aliphatic heterocycles. The van der Waals surface area contributed by atoms with E-state index in [1.54, 1.807) is 0 Å². The number of hydrogen-bond donors (Lipinski definition) is 0. The summed E-state index contributed by atoms with van der Waals surface area (Å²) in [6, 6.07) is 1.83. The number of aryl methyl sites for hydroxylation is 2. The average Bonchev–Trinajstić information content (AvgIpc) is 1.85. The van der Waals surface area contributed by atoms with Gasteiger partial charge in [-0.25, -0.2) is 4.98 Å². The number of nitrogens with zero attached hydrogens (tertiary/aromatic N) is 1. The van der Waals surface area contributed by atoms with Crippen molar-refractivity contribution in [2.45, 2.75) is 13.8 Å². The fourth-order valence-corrected chi connectivity index (χ4v) is 1.27. The molecule has 0 amide bonds. The Morgan fingerprint density at radius 2 is 2.18 bits per heavy atom. The lowest BCUT2D eigenvalue weighted by Crippen LogP contribution is -1.93. The molecular formula is C8H8ClNO. The van der Waals surface area contributed by atoms with Crippen molar-refractivity contribution < 1.29 is 4.79 Å². The van der Waals surface area contributed by atoms with E-state index in [1.807, 2.05) is 19.9 Å². The van der Waals surface area contributed by atoms with Crippen LogP contribution in [-0.4, -0.2) is 11.3 Å². The predicted molar refractivity (Wildman–Crippen MR) is 44.1 cm³/mol. The predicted octanol–water partition coefficient (Wildman–Crippen LogP) is 2.16. The van der Waals surface area contributed by atoms with Gasteiger partial charge >= 0.3 is 0 Å². The van der Waals surface area contributed by atoms with Crippen molar-refractivity contribution in [3.05, 3.63) is 28.0 Å². The van der Waals surface area contributed by atoms with Crippen molar-refractivity contribution in [3.63, 3.8) is 0 Å². The van der Waals surface area contributed by atoms with Crippen LogP contribution in [0.5, 0.6) is 0 Å². The largest absolute Gasteiger partial charge is 0.298 e. The Kier molecular flexibility index (Phi) is 2.25. The molecule has 0 bridgehead atoms. The van der Waals surface area contributed by atoms with Crippen LogP contribution in [0.2, 0.25) is 5.15 Å². The van der Waals surface area contributed by atoms with E-state index < -0.39 is 0 Å². The molecule has 0 atom stereocenters. The van der Waals surface area contributed by atoms with Gasteiger partial charge in [-0.15, -0.1) is 0 Å². The maximum absolute atomic E-state index is 10.4. The van der Waals surface area contributed by atoms with Crippen LogP contribution in [0.15, 0.2) is 6.07 Å². The lowest BCUT2D eigenvalue weighted by atomic mass is 10.1. The van der Waals surface area contributed by atoms with Crippen LogP contribution in [0, 0.1) is 13.8 Å². The maximum Gasteiger partial charge on any atom is 0.153 e. The third-order valence-corrected chi connectivity index (χ3v) is 1.75. The lowest BCUT2D eigenvalue weighted by molar-refractivity contribution is 0.112. The summed E-state index contributed by atoms with van der Waals surface area (Å²) in [6.07, 6.45) is 0.726. The molecule has 2 nitrogen and oxygen atoms in total. The summed E-state index contributed by atoms with van der Waals surface area (Å²) < 4.78 is 0. The molecule has 1 aromatic heterocycles. The highest BCUT2D eigenvalue weighted by Gasteiger charge is 2.04. The Morgan fingerprint density at radius 1 is 1.55 bits per heavy atom. The van der Waals surface area contributed by atoms with Gasteiger partial charge in [-0.1, -0.05) is 11.6 Å². The van der Waals surface area contributed by atoms with Crippen LogP contribution >= 0.6 is 11.6 Å². The molecule has 1 rings (SSSR count). The number of carbonyl (C=O) groups is 1. The van der Waals surface area contributed by atoms with Crippen LogP contribution in [0.25, 0.3) is 0 Å². The first-order chi connectivity index (χ1) is 5.15.